The monoisotopic (exact) mass is 251 g/mol. The Morgan fingerprint density at radius 1 is 1.00 bits per heavy atom. The van der Waals surface area contributed by atoms with Crippen molar-refractivity contribution in [1.29, 1.82) is 0 Å². The molecule has 3 rings (SSSR count). The van der Waals surface area contributed by atoms with Crippen LogP contribution in [0.5, 0.6) is 5.75 Å². The maximum Gasteiger partial charge on any atom is 0.519 e. The Hall–Kier alpha value is -1.90. The zero-order chi connectivity index (χ0) is 13.6. The van der Waals surface area contributed by atoms with Crippen molar-refractivity contribution in [3.05, 3.63) is 53.1 Å². The number of hydrogen-bond donors (Lipinski definition) is 0. The fraction of sp³-hybridized carbons (Fsp3) is 0.250. The van der Waals surface area contributed by atoms with Crippen molar-refractivity contribution in [3.8, 4) is 5.75 Å². The lowest BCUT2D eigenvalue weighted by Gasteiger charge is -2.19. The first-order chi connectivity index (χ1) is 9.08. The zero-order valence-corrected chi connectivity index (χ0v) is 11.9. The van der Waals surface area contributed by atoms with E-state index in [2.05, 4.69) is 69.0 Å². The largest absolute Gasteiger partial charge is 0.536 e. The highest BCUT2D eigenvalue weighted by atomic mass is 16.5. The second-order valence-electron chi connectivity index (χ2n) is 5.36. The number of fused-ring (bicyclic) bond motifs is 1. The summed E-state index contributed by atoms with van der Waals surface area (Å²) in [4.78, 5) is 2.22. The first kappa shape index (κ1) is 12.2. The van der Waals surface area contributed by atoms with Gasteiger partial charge in [0.1, 0.15) is 5.75 Å². The van der Waals surface area contributed by atoms with Gasteiger partial charge in [-0.1, -0.05) is 35.4 Å². The van der Waals surface area contributed by atoms with Crippen LogP contribution in [0.25, 0.3) is 0 Å². The third-order valence-corrected chi connectivity index (χ3v) is 3.87. The molecule has 0 bridgehead atoms. The number of rotatable bonds is 1. The lowest BCUT2D eigenvalue weighted by molar-refractivity contribution is 0.602. The quantitative estimate of drug-likeness (QED) is 0.722. The Labute approximate surface area is 115 Å². The Balaban J connectivity index is 2.07. The van der Waals surface area contributed by atoms with Gasteiger partial charge in [-0.05, 0) is 51.0 Å². The van der Waals surface area contributed by atoms with Crippen LogP contribution in [-0.4, -0.2) is 14.1 Å². The minimum absolute atomic E-state index is 0.0157. The molecule has 2 aromatic rings. The summed E-state index contributed by atoms with van der Waals surface area (Å²) in [5, 5.41) is 0. The van der Waals surface area contributed by atoms with E-state index in [4.69, 9.17) is 4.65 Å². The van der Waals surface area contributed by atoms with Crippen molar-refractivity contribution in [1.82, 2.24) is 0 Å². The van der Waals surface area contributed by atoms with Gasteiger partial charge in [-0.25, -0.2) is 0 Å². The van der Waals surface area contributed by atoms with Gasteiger partial charge in [0.15, 0.2) is 0 Å². The summed E-state index contributed by atoms with van der Waals surface area (Å²) in [6, 6.07) is 12.7. The summed E-state index contributed by atoms with van der Waals surface area (Å²) in [6.45, 7) is 6.40. The summed E-state index contributed by atoms with van der Waals surface area (Å²) in [5.41, 5.74) is 6.27. The van der Waals surface area contributed by atoms with E-state index in [0.29, 0.717) is 0 Å². The third-order valence-electron chi connectivity index (χ3n) is 3.87. The van der Waals surface area contributed by atoms with E-state index in [1.165, 1.54) is 27.8 Å². The molecule has 1 heterocycles. The van der Waals surface area contributed by atoms with E-state index in [1.807, 2.05) is 0 Å². The predicted octanol–water partition coefficient (Wildman–Crippen LogP) is 2.84. The van der Waals surface area contributed by atoms with Crippen LogP contribution < -0.4 is 14.9 Å². The maximum absolute atomic E-state index is 6.15. The van der Waals surface area contributed by atoms with Crippen LogP contribution in [0.15, 0.2) is 36.4 Å². The van der Waals surface area contributed by atoms with E-state index in [-0.39, 0.29) is 7.05 Å². The molecule has 0 N–H and O–H groups in total. The van der Waals surface area contributed by atoms with Gasteiger partial charge in [-0.15, -0.1) is 0 Å². The Bertz CT molecular complexity index is 618. The van der Waals surface area contributed by atoms with Crippen LogP contribution in [-0.2, 0) is 0 Å². The molecule has 0 fully saturated rings. The number of hydrogen-bond acceptors (Lipinski definition) is 2. The molecule has 2 nitrogen and oxygen atoms in total. The Kier molecular flexibility index (Phi) is 2.77. The molecule has 0 atom stereocenters. The normalized spacial score (nSPS) is 13.5. The van der Waals surface area contributed by atoms with Gasteiger partial charge < -0.3 is 9.47 Å². The maximum atomic E-state index is 6.15. The number of nitrogens with zero attached hydrogens (tertiary/aromatic N) is 1. The molecule has 2 aromatic carbocycles. The van der Waals surface area contributed by atoms with E-state index in [9.17, 15) is 0 Å². The van der Waals surface area contributed by atoms with Gasteiger partial charge >= 0.3 is 7.05 Å². The van der Waals surface area contributed by atoms with Gasteiger partial charge in [0.05, 0.1) is 5.69 Å². The number of benzene rings is 2. The highest BCUT2D eigenvalue weighted by Gasteiger charge is 2.37. The molecule has 0 aromatic heterocycles. The summed E-state index contributed by atoms with van der Waals surface area (Å²) in [7, 11) is 2.08. The van der Waals surface area contributed by atoms with Crippen molar-refractivity contribution in [3.63, 3.8) is 0 Å². The number of aryl methyl sites for hydroxylation is 3. The molecule has 19 heavy (non-hydrogen) atoms. The zero-order valence-electron chi connectivity index (χ0n) is 11.9. The highest BCUT2D eigenvalue weighted by molar-refractivity contribution is 6.73. The fourth-order valence-corrected chi connectivity index (χ4v) is 2.80. The van der Waals surface area contributed by atoms with Gasteiger partial charge in [0.2, 0.25) is 0 Å². The minimum atomic E-state index is -0.0157. The summed E-state index contributed by atoms with van der Waals surface area (Å²) >= 11 is 0. The van der Waals surface area contributed by atoms with Crippen LogP contribution in [0.3, 0.4) is 0 Å². The molecule has 0 saturated carbocycles. The SMILES string of the molecule is Cc1ccc2c(c1)N(C)B(c1c(C)cccc1C)O2. The molecule has 0 amide bonds. The lowest BCUT2D eigenvalue weighted by atomic mass is 9.68. The molecule has 0 spiro atoms. The first-order valence-electron chi connectivity index (χ1n) is 6.64. The standard InChI is InChI=1S/C16H18BNO/c1-11-8-9-15-14(10-11)18(4)17(19-15)16-12(2)6-5-7-13(16)3/h5-10H,1-4H3. The van der Waals surface area contributed by atoms with Gasteiger partial charge in [-0.3, -0.25) is 0 Å². The Morgan fingerprint density at radius 3 is 2.37 bits per heavy atom. The molecular weight excluding hydrogens is 233 g/mol. The van der Waals surface area contributed by atoms with E-state index in [1.54, 1.807) is 0 Å². The molecule has 96 valence electrons. The molecule has 1 aliphatic heterocycles. The third kappa shape index (κ3) is 1.90. The summed E-state index contributed by atoms with van der Waals surface area (Å²) in [6.07, 6.45) is 0. The molecule has 0 radical (unpaired) electrons. The fourth-order valence-electron chi connectivity index (χ4n) is 2.80. The number of anilines is 1. The van der Waals surface area contributed by atoms with Gasteiger partial charge in [0, 0.05) is 0 Å². The van der Waals surface area contributed by atoms with Gasteiger partial charge in [-0.2, -0.15) is 0 Å². The first-order valence-corrected chi connectivity index (χ1v) is 6.64. The van der Waals surface area contributed by atoms with Crippen LogP contribution in [0, 0.1) is 20.8 Å². The average molecular weight is 251 g/mol. The molecule has 0 aliphatic carbocycles. The van der Waals surface area contributed by atoms with E-state index < -0.39 is 0 Å². The molecular formula is C16H18BNO. The second kappa shape index (κ2) is 4.34. The van der Waals surface area contributed by atoms with Gasteiger partial charge in [0.25, 0.3) is 0 Å². The Morgan fingerprint density at radius 2 is 1.68 bits per heavy atom. The average Bonchev–Trinajstić information content (AvgIpc) is 2.67. The smallest absolute Gasteiger partial charge is 0.519 e. The summed E-state index contributed by atoms with van der Waals surface area (Å²) in [5.74, 6) is 0.973. The molecule has 1 aliphatic rings. The summed E-state index contributed by atoms with van der Waals surface area (Å²) < 4.78 is 6.15. The lowest BCUT2D eigenvalue weighted by Crippen LogP contribution is -2.49. The van der Waals surface area contributed by atoms with Crippen molar-refractivity contribution in [2.45, 2.75) is 20.8 Å². The van der Waals surface area contributed by atoms with Crippen LogP contribution >= 0.6 is 0 Å². The van der Waals surface area contributed by atoms with Crippen molar-refractivity contribution < 1.29 is 4.65 Å². The van der Waals surface area contributed by atoms with Crippen molar-refractivity contribution in [2.75, 3.05) is 11.9 Å². The van der Waals surface area contributed by atoms with Crippen LogP contribution in [0.4, 0.5) is 5.69 Å². The molecule has 0 saturated heterocycles. The topological polar surface area (TPSA) is 12.5 Å². The predicted molar refractivity (Wildman–Crippen MR) is 81.5 cm³/mol. The van der Waals surface area contributed by atoms with E-state index in [0.717, 1.165) is 5.75 Å². The van der Waals surface area contributed by atoms with E-state index >= 15 is 0 Å². The molecule has 3 heteroatoms. The molecule has 0 unspecified atom stereocenters. The van der Waals surface area contributed by atoms with Crippen molar-refractivity contribution >= 4 is 18.2 Å². The van der Waals surface area contributed by atoms with Crippen LogP contribution in [0.1, 0.15) is 16.7 Å². The second-order valence-corrected chi connectivity index (χ2v) is 5.36. The minimum Gasteiger partial charge on any atom is -0.536 e. The highest BCUT2D eigenvalue weighted by Crippen LogP contribution is 2.35. The van der Waals surface area contributed by atoms with Crippen molar-refractivity contribution in [2.24, 2.45) is 0 Å². The van der Waals surface area contributed by atoms with Crippen LogP contribution in [0.2, 0.25) is 0 Å².